The van der Waals surface area contributed by atoms with Gasteiger partial charge in [0.25, 0.3) is 0 Å². The summed E-state index contributed by atoms with van der Waals surface area (Å²) in [7, 11) is 0. The van der Waals surface area contributed by atoms with Crippen LogP contribution in [0.3, 0.4) is 0 Å². The second-order valence-corrected chi connectivity index (χ2v) is 8.81. The number of ether oxygens (including phenoxy) is 2. The predicted octanol–water partition coefficient (Wildman–Crippen LogP) is 3.85. The molecule has 2 bridgehead atoms. The van der Waals surface area contributed by atoms with Crippen molar-refractivity contribution < 1.29 is 19.4 Å². The molecule has 2 aliphatic carbocycles. The van der Waals surface area contributed by atoms with Gasteiger partial charge in [0.05, 0.1) is 18.8 Å². The van der Waals surface area contributed by atoms with Crippen LogP contribution in [0.2, 0.25) is 0 Å². The van der Waals surface area contributed by atoms with Crippen LogP contribution >= 0.6 is 0 Å². The van der Waals surface area contributed by atoms with Crippen LogP contribution in [0.1, 0.15) is 42.7 Å². The van der Waals surface area contributed by atoms with E-state index in [0.717, 1.165) is 25.7 Å². The van der Waals surface area contributed by atoms with E-state index in [0.29, 0.717) is 19.8 Å². The Labute approximate surface area is 171 Å². The summed E-state index contributed by atoms with van der Waals surface area (Å²) >= 11 is 0. The second kappa shape index (κ2) is 7.15. The molecule has 0 radical (unpaired) electrons. The number of benzene rings is 2. The molecule has 0 unspecified atom stereocenters. The zero-order chi connectivity index (χ0) is 19.9. The summed E-state index contributed by atoms with van der Waals surface area (Å²) in [5.41, 5.74) is 4.52. The van der Waals surface area contributed by atoms with Gasteiger partial charge in [0.2, 0.25) is 0 Å². The molecule has 152 valence electrons. The van der Waals surface area contributed by atoms with E-state index in [9.17, 15) is 9.90 Å². The van der Waals surface area contributed by atoms with Gasteiger partial charge in [0.15, 0.2) is 0 Å². The van der Waals surface area contributed by atoms with E-state index < -0.39 is 0 Å². The largest absolute Gasteiger partial charge is 0.449 e. The molecule has 0 spiro atoms. The van der Waals surface area contributed by atoms with E-state index in [1.807, 2.05) is 24.3 Å². The summed E-state index contributed by atoms with van der Waals surface area (Å²) in [6.45, 7) is 1.57. The highest BCUT2D eigenvalue weighted by molar-refractivity contribution is 5.79. The molecule has 1 amide bonds. The Balaban J connectivity index is 1.20. The van der Waals surface area contributed by atoms with Crippen molar-refractivity contribution in [3.63, 3.8) is 0 Å². The molecular formula is C24H27NO4. The zero-order valence-corrected chi connectivity index (χ0v) is 16.5. The Bertz CT molecular complexity index is 855. The molecular weight excluding hydrogens is 366 g/mol. The highest BCUT2D eigenvalue weighted by atomic mass is 16.5. The lowest BCUT2D eigenvalue weighted by molar-refractivity contribution is -0.197. The second-order valence-electron chi connectivity index (χ2n) is 8.81. The molecule has 2 aromatic carbocycles. The van der Waals surface area contributed by atoms with Crippen molar-refractivity contribution in [3.05, 3.63) is 59.7 Å². The van der Waals surface area contributed by atoms with Crippen LogP contribution in [0, 0.1) is 5.41 Å². The minimum absolute atomic E-state index is 0.0253. The molecule has 2 aromatic rings. The Morgan fingerprint density at radius 3 is 2.21 bits per heavy atom. The number of alkyl carbamates (subject to hydrolysis) is 1. The van der Waals surface area contributed by atoms with E-state index in [-0.39, 0.29) is 29.6 Å². The van der Waals surface area contributed by atoms with Crippen LogP contribution in [-0.4, -0.2) is 43.2 Å². The quantitative estimate of drug-likeness (QED) is 0.810. The van der Waals surface area contributed by atoms with Crippen molar-refractivity contribution in [2.24, 2.45) is 5.41 Å². The number of aliphatic hydroxyl groups excluding tert-OH is 1. The van der Waals surface area contributed by atoms with E-state index in [1.165, 1.54) is 22.3 Å². The summed E-state index contributed by atoms with van der Waals surface area (Å²) in [6.07, 6.45) is 3.28. The number of hydrogen-bond donors (Lipinski definition) is 2. The van der Waals surface area contributed by atoms with Crippen molar-refractivity contribution in [1.82, 2.24) is 5.32 Å². The van der Waals surface area contributed by atoms with Crippen LogP contribution in [0.4, 0.5) is 4.79 Å². The van der Waals surface area contributed by atoms with Crippen molar-refractivity contribution in [1.29, 1.82) is 0 Å². The maximum Gasteiger partial charge on any atom is 0.407 e. The first-order chi connectivity index (χ1) is 14.1. The van der Waals surface area contributed by atoms with Gasteiger partial charge >= 0.3 is 6.09 Å². The topological polar surface area (TPSA) is 67.8 Å². The van der Waals surface area contributed by atoms with E-state index >= 15 is 0 Å². The Morgan fingerprint density at radius 1 is 1.03 bits per heavy atom. The SMILES string of the molecule is O=C(NCC12CCC(CO)(CC1)OC2)OCC1c2ccccc2-c2ccccc21. The third kappa shape index (κ3) is 3.22. The van der Waals surface area contributed by atoms with Crippen LogP contribution in [0.5, 0.6) is 0 Å². The summed E-state index contributed by atoms with van der Waals surface area (Å²) in [5.74, 6) is 0.0733. The molecule has 2 aliphatic heterocycles. The monoisotopic (exact) mass is 393 g/mol. The minimum Gasteiger partial charge on any atom is -0.449 e. The van der Waals surface area contributed by atoms with Crippen molar-refractivity contribution in [2.75, 3.05) is 26.4 Å². The smallest absolute Gasteiger partial charge is 0.407 e. The van der Waals surface area contributed by atoms with Gasteiger partial charge in [0, 0.05) is 17.9 Å². The molecule has 0 atom stereocenters. The van der Waals surface area contributed by atoms with Gasteiger partial charge in [-0.25, -0.2) is 4.79 Å². The summed E-state index contributed by atoms with van der Waals surface area (Å²) < 4.78 is 11.6. The molecule has 2 N–H and O–H groups in total. The standard InChI is InChI=1S/C24H27NO4/c26-15-24-11-9-23(10-12-24,16-29-24)14-25-22(27)28-13-21-19-7-3-1-5-17(19)18-6-2-4-8-20(18)21/h1-8,21,26H,9-16H2,(H,25,27). The predicted molar refractivity (Wildman–Crippen MR) is 110 cm³/mol. The van der Waals surface area contributed by atoms with Crippen LogP contribution in [0.15, 0.2) is 48.5 Å². The lowest BCUT2D eigenvalue weighted by Crippen LogP contribution is -2.56. The fourth-order valence-electron chi connectivity index (χ4n) is 5.17. The first kappa shape index (κ1) is 18.6. The first-order valence-electron chi connectivity index (χ1n) is 10.5. The van der Waals surface area contributed by atoms with Crippen molar-refractivity contribution >= 4 is 6.09 Å². The number of carbonyl (C=O) groups is 1. The van der Waals surface area contributed by atoms with E-state index in [4.69, 9.17) is 9.47 Å². The molecule has 5 heteroatoms. The van der Waals surface area contributed by atoms with Gasteiger partial charge in [-0.2, -0.15) is 0 Å². The number of nitrogens with one attached hydrogen (secondary N) is 1. The first-order valence-corrected chi connectivity index (χ1v) is 10.5. The third-order valence-corrected chi connectivity index (χ3v) is 7.15. The molecule has 29 heavy (non-hydrogen) atoms. The van der Waals surface area contributed by atoms with Gasteiger partial charge in [-0.1, -0.05) is 48.5 Å². The average molecular weight is 393 g/mol. The molecule has 6 rings (SSSR count). The van der Waals surface area contributed by atoms with Crippen LogP contribution in [0.25, 0.3) is 11.1 Å². The normalized spacial score (nSPS) is 27.3. The average Bonchev–Trinajstić information content (AvgIpc) is 3.11. The minimum atomic E-state index is -0.370. The molecule has 1 saturated carbocycles. The summed E-state index contributed by atoms with van der Waals surface area (Å²) in [6, 6.07) is 16.7. The maximum absolute atomic E-state index is 12.4. The number of hydrogen-bond acceptors (Lipinski definition) is 4. The maximum atomic E-state index is 12.4. The van der Waals surface area contributed by atoms with Gasteiger partial charge < -0.3 is 19.9 Å². The number of amides is 1. The summed E-state index contributed by atoms with van der Waals surface area (Å²) in [4.78, 5) is 12.4. The molecule has 5 nitrogen and oxygen atoms in total. The van der Waals surface area contributed by atoms with Gasteiger partial charge in [-0.15, -0.1) is 0 Å². The number of fused-ring (bicyclic) bond motifs is 6. The Hall–Kier alpha value is -2.37. The van der Waals surface area contributed by atoms with Crippen LogP contribution in [-0.2, 0) is 9.47 Å². The van der Waals surface area contributed by atoms with Crippen LogP contribution < -0.4 is 5.32 Å². The number of rotatable bonds is 5. The fraction of sp³-hybridized carbons (Fsp3) is 0.458. The number of aliphatic hydroxyl groups is 1. The van der Waals surface area contributed by atoms with Gasteiger partial charge in [-0.05, 0) is 47.9 Å². The lowest BCUT2D eigenvalue weighted by Gasteiger charge is -2.52. The van der Waals surface area contributed by atoms with E-state index in [2.05, 4.69) is 29.6 Å². The molecule has 0 aromatic heterocycles. The summed E-state index contributed by atoms with van der Waals surface area (Å²) in [5, 5.41) is 12.5. The van der Waals surface area contributed by atoms with Crippen molar-refractivity contribution in [2.45, 2.75) is 37.2 Å². The number of carbonyl (C=O) groups excluding carboxylic acids is 1. The molecule has 3 fully saturated rings. The van der Waals surface area contributed by atoms with Gasteiger partial charge in [-0.3, -0.25) is 0 Å². The van der Waals surface area contributed by atoms with Crippen molar-refractivity contribution in [3.8, 4) is 11.1 Å². The third-order valence-electron chi connectivity index (χ3n) is 7.15. The fourth-order valence-corrected chi connectivity index (χ4v) is 5.17. The lowest BCUT2D eigenvalue weighted by atomic mass is 9.66. The molecule has 2 saturated heterocycles. The van der Waals surface area contributed by atoms with E-state index in [1.54, 1.807) is 0 Å². The highest BCUT2D eigenvalue weighted by Gasteiger charge is 2.49. The zero-order valence-electron chi connectivity index (χ0n) is 16.5. The van der Waals surface area contributed by atoms with Gasteiger partial charge in [0.1, 0.15) is 6.61 Å². The Kier molecular flexibility index (Phi) is 4.60. The Morgan fingerprint density at radius 2 is 1.66 bits per heavy atom. The highest BCUT2D eigenvalue weighted by Crippen LogP contribution is 2.48. The molecule has 4 aliphatic rings. The molecule has 2 heterocycles.